The lowest BCUT2D eigenvalue weighted by atomic mass is 10.1. The summed E-state index contributed by atoms with van der Waals surface area (Å²) in [6.07, 6.45) is 11.4. The van der Waals surface area contributed by atoms with Crippen molar-refractivity contribution in [2.75, 3.05) is 26.4 Å². The predicted molar refractivity (Wildman–Crippen MR) is 132 cm³/mol. The van der Waals surface area contributed by atoms with Gasteiger partial charge in [-0.3, -0.25) is 9.59 Å². The fourth-order valence-corrected chi connectivity index (χ4v) is 3.18. The van der Waals surface area contributed by atoms with Gasteiger partial charge in [-0.2, -0.15) is 0 Å². The summed E-state index contributed by atoms with van der Waals surface area (Å²) in [7, 11) is 0. The summed E-state index contributed by atoms with van der Waals surface area (Å²) >= 11 is 0. The fraction of sp³-hybridized carbons (Fsp3) is 0.615. The maximum Gasteiger partial charge on any atom is 0.336 e. The van der Waals surface area contributed by atoms with Crippen molar-refractivity contribution >= 4 is 23.9 Å². The minimum Gasteiger partial charge on any atom is -0.478 e. The lowest BCUT2D eigenvalue weighted by molar-refractivity contribution is -0.146. The molecule has 0 atom stereocenters. The van der Waals surface area contributed by atoms with Crippen molar-refractivity contribution in [1.82, 2.24) is 0 Å². The van der Waals surface area contributed by atoms with E-state index in [9.17, 15) is 19.2 Å². The number of carbonyl (C=O) groups is 4. The molecule has 0 radical (unpaired) electrons. The maximum atomic E-state index is 11.4. The number of carboxylic acids is 2. The molecular weight excluding hydrogens is 472 g/mol. The zero-order valence-electron chi connectivity index (χ0n) is 20.9. The van der Waals surface area contributed by atoms with Gasteiger partial charge in [-0.1, -0.05) is 50.7 Å². The highest BCUT2D eigenvalue weighted by Crippen LogP contribution is 2.11. The third-order valence-corrected chi connectivity index (χ3v) is 5.06. The van der Waals surface area contributed by atoms with E-state index in [4.69, 9.17) is 29.9 Å². The highest BCUT2D eigenvalue weighted by molar-refractivity contribution is 6.01. The summed E-state index contributed by atoms with van der Waals surface area (Å²) in [5, 5.41) is 32.4. The van der Waals surface area contributed by atoms with Gasteiger partial charge in [-0.15, -0.1) is 0 Å². The van der Waals surface area contributed by atoms with Crippen molar-refractivity contribution in [3.63, 3.8) is 0 Å². The second-order valence-corrected chi connectivity index (χ2v) is 8.08. The summed E-state index contributed by atoms with van der Waals surface area (Å²) < 4.78 is 10.3. The van der Waals surface area contributed by atoms with Crippen LogP contribution in [-0.2, 0) is 19.1 Å². The molecule has 1 heterocycles. The third-order valence-electron chi connectivity index (χ3n) is 5.06. The molecule has 10 nitrogen and oxygen atoms in total. The number of benzene rings is 1. The number of rotatable bonds is 3. The molecule has 0 amide bonds. The monoisotopic (exact) mass is 512 g/mol. The zero-order valence-corrected chi connectivity index (χ0v) is 20.9. The largest absolute Gasteiger partial charge is 0.478 e. The highest BCUT2D eigenvalue weighted by atomic mass is 16.5. The van der Waals surface area contributed by atoms with Crippen LogP contribution in [0, 0.1) is 0 Å². The Morgan fingerprint density at radius 1 is 0.611 bits per heavy atom. The Labute approximate surface area is 212 Å². The van der Waals surface area contributed by atoms with Gasteiger partial charge in [0, 0.05) is 12.8 Å². The molecule has 1 aromatic rings. The van der Waals surface area contributed by atoms with E-state index in [0.717, 1.165) is 25.7 Å². The van der Waals surface area contributed by atoms with Crippen LogP contribution in [0.4, 0.5) is 0 Å². The Hall–Kier alpha value is -2.98. The Morgan fingerprint density at radius 2 is 0.944 bits per heavy atom. The lowest BCUT2D eigenvalue weighted by Crippen LogP contribution is -2.08. The zero-order chi connectivity index (χ0) is 27.0. The number of carboxylic acid groups (broad SMARTS) is 2. The van der Waals surface area contributed by atoms with E-state index in [1.54, 1.807) is 0 Å². The van der Waals surface area contributed by atoms with Crippen LogP contribution in [0.5, 0.6) is 0 Å². The maximum absolute atomic E-state index is 11.4. The summed E-state index contributed by atoms with van der Waals surface area (Å²) in [5.74, 6) is -2.74. The molecule has 1 aromatic carbocycles. The quantitative estimate of drug-likeness (QED) is 0.437. The van der Waals surface area contributed by atoms with E-state index in [2.05, 4.69) is 0 Å². The van der Waals surface area contributed by atoms with Crippen LogP contribution in [0.1, 0.15) is 97.8 Å². The van der Waals surface area contributed by atoms with Gasteiger partial charge in [-0.05, 0) is 37.8 Å². The van der Waals surface area contributed by atoms with Crippen LogP contribution in [0.3, 0.4) is 0 Å². The summed E-state index contributed by atoms with van der Waals surface area (Å²) in [4.78, 5) is 43.8. The first-order valence-corrected chi connectivity index (χ1v) is 12.4. The normalized spacial score (nSPS) is 16.3. The summed E-state index contributed by atoms with van der Waals surface area (Å²) in [6.45, 7) is 0.835. The van der Waals surface area contributed by atoms with Crippen molar-refractivity contribution in [2.45, 2.75) is 77.0 Å². The van der Waals surface area contributed by atoms with Gasteiger partial charge in [0.25, 0.3) is 0 Å². The molecule has 0 aromatic heterocycles. The van der Waals surface area contributed by atoms with E-state index >= 15 is 0 Å². The predicted octanol–water partition coefficient (Wildman–Crippen LogP) is 3.82. The van der Waals surface area contributed by atoms with Crippen LogP contribution in [0.15, 0.2) is 24.3 Å². The molecule has 204 valence electrons. The van der Waals surface area contributed by atoms with E-state index in [-0.39, 0.29) is 36.3 Å². The second kappa shape index (κ2) is 22.5. The molecule has 1 saturated heterocycles. The first-order chi connectivity index (χ1) is 17.3. The Balaban J connectivity index is 0.000000645. The molecule has 0 spiro atoms. The molecule has 4 N–H and O–H groups in total. The number of hydrogen-bond acceptors (Lipinski definition) is 8. The number of carbonyl (C=O) groups excluding carboxylic acids is 2. The molecule has 2 rings (SSSR count). The average molecular weight is 513 g/mol. The van der Waals surface area contributed by atoms with Crippen molar-refractivity contribution in [3.8, 4) is 0 Å². The number of aliphatic hydroxyl groups is 2. The highest BCUT2D eigenvalue weighted by Gasteiger charge is 2.13. The molecule has 36 heavy (non-hydrogen) atoms. The molecule has 1 fully saturated rings. The first-order valence-electron chi connectivity index (χ1n) is 12.4. The molecular formula is C26H40O10. The Kier molecular flexibility index (Phi) is 20.6. The SMILES string of the molecule is O=C(O)c1ccccc1C(=O)O.O=C1CCCCC(=O)OCCCCCCCCCCO1.OCCO. The van der Waals surface area contributed by atoms with E-state index in [0.29, 0.717) is 38.9 Å². The smallest absolute Gasteiger partial charge is 0.336 e. The van der Waals surface area contributed by atoms with Crippen LogP contribution in [0.2, 0.25) is 0 Å². The number of ether oxygens (including phenoxy) is 2. The molecule has 10 heteroatoms. The van der Waals surface area contributed by atoms with Crippen LogP contribution in [-0.4, -0.2) is 70.7 Å². The standard InChI is InChI=1S/C16H28O4.C8H6O4.C2H6O2/c17-15-11-7-8-12-16(18)20-14-10-6-4-2-1-3-5-9-13-19-15;9-7(10)5-3-1-2-4-6(5)8(11)12;3-1-2-4/h1-14H2;1-4H,(H,9,10)(H,11,12);3-4H,1-2H2. The number of esters is 2. The van der Waals surface area contributed by atoms with E-state index in [1.807, 2.05) is 0 Å². The number of aromatic carboxylic acids is 2. The van der Waals surface area contributed by atoms with Gasteiger partial charge in [0.05, 0.1) is 37.6 Å². The van der Waals surface area contributed by atoms with Gasteiger partial charge in [0.1, 0.15) is 0 Å². The lowest BCUT2D eigenvalue weighted by Gasteiger charge is -2.07. The topological polar surface area (TPSA) is 168 Å². The number of cyclic esters (lactones) is 2. The summed E-state index contributed by atoms with van der Waals surface area (Å²) in [6, 6.07) is 5.48. The van der Waals surface area contributed by atoms with Crippen molar-refractivity contribution < 1.29 is 49.1 Å². The van der Waals surface area contributed by atoms with Gasteiger partial charge < -0.3 is 29.9 Å². The fourth-order valence-electron chi connectivity index (χ4n) is 3.18. The molecule has 0 bridgehead atoms. The van der Waals surface area contributed by atoms with Crippen LogP contribution >= 0.6 is 0 Å². The first kappa shape index (κ1) is 33.0. The van der Waals surface area contributed by atoms with Gasteiger partial charge >= 0.3 is 23.9 Å². The molecule has 0 aliphatic carbocycles. The van der Waals surface area contributed by atoms with Gasteiger partial charge in [0.15, 0.2) is 0 Å². The van der Waals surface area contributed by atoms with Crippen molar-refractivity contribution in [1.29, 1.82) is 0 Å². The third kappa shape index (κ3) is 18.4. The Bertz CT molecular complexity index is 700. The van der Waals surface area contributed by atoms with E-state index in [1.165, 1.54) is 49.9 Å². The van der Waals surface area contributed by atoms with Crippen molar-refractivity contribution in [2.24, 2.45) is 0 Å². The van der Waals surface area contributed by atoms with E-state index < -0.39 is 11.9 Å². The second-order valence-electron chi connectivity index (χ2n) is 8.08. The van der Waals surface area contributed by atoms with Crippen molar-refractivity contribution in [3.05, 3.63) is 35.4 Å². The molecule has 0 saturated carbocycles. The van der Waals surface area contributed by atoms with Crippen LogP contribution < -0.4 is 0 Å². The summed E-state index contributed by atoms with van der Waals surface area (Å²) in [5.41, 5.74) is -0.380. The average Bonchev–Trinajstić information content (AvgIpc) is 2.87. The van der Waals surface area contributed by atoms with Gasteiger partial charge in [0.2, 0.25) is 0 Å². The minimum absolute atomic E-state index is 0.125. The Morgan fingerprint density at radius 3 is 1.25 bits per heavy atom. The number of aliphatic hydroxyl groups excluding tert-OH is 2. The molecule has 1 aliphatic rings. The number of hydrogen-bond donors (Lipinski definition) is 4. The van der Waals surface area contributed by atoms with Crippen LogP contribution in [0.25, 0.3) is 0 Å². The minimum atomic E-state index is -1.23. The molecule has 1 aliphatic heterocycles. The molecule has 0 unspecified atom stereocenters. The van der Waals surface area contributed by atoms with Gasteiger partial charge in [-0.25, -0.2) is 9.59 Å².